The van der Waals surface area contributed by atoms with Gasteiger partial charge in [0.25, 0.3) is 6.47 Å². The molecule has 1 aliphatic heterocycles. The molecular formula is C12H16N2O2. The van der Waals surface area contributed by atoms with E-state index in [9.17, 15) is 4.79 Å². The molecular weight excluding hydrogens is 204 g/mol. The predicted octanol–water partition coefficient (Wildman–Crippen LogP) is 0.769. The summed E-state index contributed by atoms with van der Waals surface area (Å²) in [5.74, 6) is 0. The second-order valence-electron chi connectivity index (χ2n) is 3.81. The van der Waals surface area contributed by atoms with Gasteiger partial charge in [-0.2, -0.15) is 0 Å². The van der Waals surface area contributed by atoms with Gasteiger partial charge in [0, 0.05) is 31.9 Å². The first-order valence-electron chi connectivity index (χ1n) is 5.50. The average molecular weight is 220 g/mol. The van der Waals surface area contributed by atoms with Crippen LogP contribution in [0.25, 0.3) is 0 Å². The number of rotatable bonds is 4. The van der Waals surface area contributed by atoms with Crippen LogP contribution in [0.3, 0.4) is 0 Å². The summed E-state index contributed by atoms with van der Waals surface area (Å²) in [5, 5.41) is 3.32. The zero-order chi connectivity index (χ0) is 11.2. The van der Waals surface area contributed by atoms with Crippen molar-refractivity contribution in [1.29, 1.82) is 0 Å². The summed E-state index contributed by atoms with van der Waals surface area (Å²) in [6.07, 6.45) is 0. The van der Waals surface area contributed by atoms with Crippen molar-refractivity contribution in [2.45, 2.75) is 6.61 Å². The maximum Gasteiger partial charge on any atom is 0.293 e. The molecule has 0 bridgehead atoms. The Hall–Kier alpha value is -1.55. The summed E-state index contributed by atoms with van der Waals surface area (Å²) in [7, 11) is 0. The van der Waals surface area contributed by atoms with Gasteiger partial charge in [0.1, 0.15) is 6.61 Å². The molecule has 0 unspecified atom stereocenters. The molecule has 2 rings (SSSR count). The Kier molecular flexibility index (Phi) is 3.77. The Morgan fingerprint density at radius 1 is 1.38 bits per heavy atom. The third-order valence-corrected chi connectivity index (χ3v) is 2.71. The number of nitrogens with zero attached hydrogens (tertiary/aromatic N) is 1. The average Bonchev–Trinajstić information content (AvgIpc) is 2.38. The number of ether oxygens (including phenoxy) is 1. The summed E-state index contributed by atoms with van der Waals surface area (Å²) in [6, 6.07) is 8.14. The third-order valence-electron chi connectivity index (χ3n) is 2.71. The predicted molar refractivity (Wildman–Crippen MR) is 62.4 cm³/mol. The van der Waals surface area contributed by atoms with Gasteiger partial charge in [-0.1, -0.05) is 12.1 Å². The van der Waals surface area contributed by atoms with Crippen molar-refractivity contribution < 1.29 is 9.53 Å². The maximum atomic E-state index is 10.1. The van der Waals surface area contributed by atoms with Crippen molar-refractivity contribution in [1.82, 2.24) is 5.32 Å². The van der Waals surface area contributed by atoms with Crippen LogP contribution >= 0.6 is 0 Å². The molecule has 0 aromatic heterocycles. The lowest BCUT2D eigenvalue weighted by atomic mass is 10.2. The Morgan fingerprint density at radius 2 is 2.19 bits per heavy atom. The zero-order valence-electron chi connectivity index (χ0n) is 9.19. The molecule has 1 N–H and O–H groups in total. The standard InChI is InChI=1S/C12H16N2O2/c15-10-16-9-11-2-1-3-12(8-11)14-6-4-13-5-7-14/h1-3,8,10,13H,4-7,9H2. The van der Waals surface area contributed by atoms with Gasteiger partial charge in [-0.3, -0.25) is 4.79 Å². The van der Waals surface area contributed by atoms with Gasteiger partial charge in [0.15, 0.2) is 0 Å². The van der Waals surface area contributed by atoms with Gasteiger partial charge in [-0.15, -0.1) is 0 Å². The minimum absolute atomic E-state index is 0.351. The largest absolute Gasteiger partial charge is 0.463 e. The van der Waals surface area contributed by atoms with Gasteiger partial charge in [-0.25, -0.2) is 0 Å². The second kappa shape index (κ2) is 5.51. The molecule has 1 saturated heterocycles. The molecule has 4 heteroatoms. The highest BCUT2D eigenvalue weighted by Gasteiger charge is 2.10. The van der Waals surface area contributed by atoms with Crippen LogP contribution in [0.1, 0.15) is 5.56 Å². The highest BCUT2D eigenvalue weighted by Crippen LogP contribution is 2.17. The number of benzene rings is 1. The first kappa shape index (κ1) is 11.0. The van der Waals surface area contributed by atoms with Crippen LogP contribution < -0.4 is 10.2 Å². The summed E-state index contributed by atoms with van der Waals surface area (Å²) in [6.45, 7) is 4.93. The Morgan fingerprint density at radius 3 is 2.94 bits per heavy atom. The highest BCUT2D eigenvalue weighted by molar-refractivity contribution is 5.49. The van der Waals surface area contributed by atoms with Crippen LogP contribution in [0.5, 0.6) is 0 Å². The molecule has 1 aliphatic rings. The lowest BCUT2D eigenvalue weighted by molar-refractivity contribution is -0.129. The molecule has 1 fully saturated rings. The fourth-order valence-corrected chi connectivity index (χ4v) is 1.90. The smallest absolute Gasteiger partial charge is 0.293 e. The Labute approximate surface area is 95.2 Å². The van der Waals surface area contributed by atoms with E-state index in [2.05, 4.69) is 22.3 Å². The van der Waals surface area contributed by atoms with Gasteiger partial charge in [0.2, 0.25) is 0 Å². The molecule has 1 heterocycles. The van der Waals surface area contributed by atoms with Crippen LogP contribution in [-0.4, -0.2) is 32.7 Å². The monoisotopic (exact) mass is 220 g/mol. The number of nitrogens with one attached hydrogen (secondary N) is 1. The molecule has 0 spiro atoms. The molecule has 16 heavy (non-hydrogen) atoms. The molecule has 0 radical (unpaired) electrons. The lowest BCUT2D eigenvalue weighted by Gasteiger charge is -2.29. The Balaban J connectivity index is 2.05. The minimum Gasteiger partial charge on any atom is -0.463 e. The molecule has 0 amide bonds. The van der Waals surface area contributed by atoms with Crippen molar-refractivity contribution in [2.24, 2.45) is 0 Å². The first-order chi connectivity index (χ1) is 7.90. The van der Waals surface area contributed by atoms with Gasteiger partial charge in [-0.05, 0) is 17.7 Å². The van der Waals surface area contributed by atoms with Crippen LogP contribution in [0.15, 0.2) is 24.3 Å². The van der Waals surface area contributed by atoms with Gasteiger partial charge in [0.05, 0.1) is 0 Å². The van der Waals surface area contributed by atoms with Crippen molar-refractivity contribution in [2.75, 3.05) is 31.1 Å². The molecule has 1 aromatic carbocycles. The molecule has 0 saturated carbocycles. The van der Waals surface area contributed by atoms with Crippen LogP contribution in [-0.2, 0) is 16.1 Å². The van der Waals surface area contributed by atoms with Gasteiger partial charge < -0.3 is 15.0 Å². The highest BCUT2D eigenvalue weighted by atomic mass is 16.5. The van der Waals surface area contributed by atoms with E-state index in [1.54, 1.807) is 0 Å². The first-order valence-corrected chi connectivity index (χ1v) is 5.50. The normalized spacial score (nSPS) is 15.9. The van der Waals surface area contributed by atoms with E-state index in [0.29, 0.717) is 13.1 Å². The van der Waals surface area contributed by atoms with Crippen molar-refractivity contribution in [3.05, 3.63) is 29.8 Å². The number of carbonyl (C=O) groups is 1. The maximum absolute atomic E-state index is 10.1. The molecule has 1 aromatic rings. The van der Waals surface area contributed by atoms with Crippen molar-refractivity contribution in [3.63, 3.8) is 0 Å². The summed E-state index contributed by atoms with van der Waals surface area (Å²) >= 11 is 0. The summed E-state index contributed by atoms with van der Waals surface area (Å²) in [5.41, 5.74) is 2.23. The third kappa shape index (κ3) is 2.73. The van der Waals surface area contributed by atoms with Crippen LogP contribution in [0, 0.1) is 0 Å². The van der Waals surface area contributed by atoms with E-state index in [0.717, 1.165) is 31.7 Å². The van der Waals surface area contributed by atoms with E-state index >= 15 is 0 Å². The quantitative estimate of drug-likeness (QED) is 0.761. The van der Waals surface area contributed by atoms with Crippen molar-refractivity contribution in [3.8, 4) is 0 Å². The number of anilines is 1. The topological polar surface area (TPSA) is 41.6 Å². The summed E-state index contributed by atoms with van der Waals surface area (Å²) < 4.78 is 4.75. The molecule has 86 valence electrons. The van der Waals surface area contributed by atoms with Gasteiger partial charge >= 0.3 is 0 Å². The van der Waals surface area contributed by atoms with Crippen molar-refractivity contribution >= 4 is 12.2 Å². The van der Waals surface area contributed by atoms with Crippen LogP contribution in [0.2, 0.25) is 0 Å². The second-order valence-corrected chi connectivity index (χ2v) is 3.81. The van der Waals surface area contributed by atoms with E-state index in [-0.39, 0.29) is 0 Å². The van der Waals surface area contributed by atoms with Crippen LogP contribution in [0.4, 0.5) is 5.69 Å². The molecule has 0 aliphatic carbocycles. The van der Waals surface area contributed by atoms with E-state index < -0.39 is 0 Å². The number of carbonyl (C=O) groups excluding carboxylic acids is 1. The van der Waals surface area contributed by atoms with E-state index in [1.807, 2.05) is 12.1 Å². The zero-order valence-corrected chi connectivity index (χ0v) is 9.19. The molecule has 4 nitrogen and oxygen atoms in total. The minimum atomic E-state index is 0.351. The van der Waals surface area contributed by atoms with E-state index in [1.165, 1.54) is 5.69 Å². The van der Waals surface area contributed by atoms with E-state index in [4.69, 9.17) is 4.74 Å². The molecule has 0 atom stereocenters. The number of hydrogen-bond donors (Lipinski definition) is 1. The fourth-order valence-electron chi connectivity index (χ4n) is 1.90. The SMILES string of the molecule is O=COCc1cccc(N2CCNCC2)c1. The summed E-state index contributed by atoms with van der Waals surface area (Å²) in [4.78, 5) is 12.5. The lowest BCUT2D eigenvalue weighted by Crippen LogP contribution is -2.43. The fraction of sp³-hybridized carbons (Fsp3) is 0.417. The Bertz CT molecular complexity index is 349. The number of piperazine rings is 1. The number of hydrogen-bond acceptors (Lipinski definition) is 4.